The number of ether oxygens (including phenoxy) is 2. The van der Waals surface area contributed by atoms with Gasteiger partial charge in [-0.15, -0.1) is 0 Å². The van der Waals surface area contributed by atoms with Crippen molar-refractivity contribution in [1.82, 2.24) is 10.3 Å². The lowest BCUT2D eigenvalue weighted by molar-refractivity contribution is 0.0504. The number of methoxy groups -OCH3 is 1. The molecule has 31 heavy (non-hydrogen) atoms. The number of nitrogens with one attached hydrogen (secondary N) is 1. The number of amides is 1. The Morgan fingerprint density at radius 1 is 1.23 bits per heavy atom. The normalized spacial score (nSPS) is 18.6. The van der Waals surface area contributed by atoms with Crippen LogP contribution in [0.25, 0.3) is 11.5 Å². The van der Waals surface area contributed by atoms with Crippen LogP contribution in [0, 0.1) is 6.92 Å². The summed E-state index contributed by atoms with van der Waals surface area (Å²) in [5.74, 6) is 1.71. The molecule has 1 aromatic carbocycles. The topological polar surface area (TPSA) is 90.7 Å². The smallest absolute Gasteiger partial charge is 0.407 e. The fourth-order valence-corrected chi connectivity index (χ4v) is 4.78. The number of carbonyl (C=O) groups excluding carboxylic acids is 2. The molecule has 7 nitrogen and oxygen atoms in total. The van der Waals surface area contributed by atoms with Crippen LogP contribution in [-0.4, -0.2) is 41.0 Å². The molecule has 2 aromatic rings. The van der Waals surface area contributed by atoms with Crippen molar-refractivity contribution in [1.29, 1.82) is 0 Å². The zero-order chi connectivity index (χ0) is 22.6. The summed E-state index contributed by atoms with van der Waals surface area (Å²) < 4.78 is 15.9. The van der Waals surface area contributed by atoms with Crippen molar-refractivity contribution in [3.63, 3.8) is 0 Å². The maximum absolute atomic E-state index is 12.0. The lowest BCUT2D eigenvalue weighted by Gasteiger charge is -2.21. The quantitative estimate of drug-likeness (QED) is 0.616. The van der Waals surface area contributed by atoms with Crippen LogP contribution in [0.3, 0.4) is 0 Å². The zero-order valence-electron chi connectivity index (χ0n) is 18.7. The van der Waals surface area contributed by atoms with E-state index in [1.54, 1.807) is 24.3 Å². The van der Waals surface area contributed by atoms with Crippen LogP contribution < -0.4 is 5.32 Å². The minimum Gasteiger partial charge on any atom is -0.465 e. The molecule has 0 unspecified atom stereocenters. The number of alkyl carbamates (subject to hydrolysis) is 1. The number of carbonyl (C=O) groups is 2. The van der Waals surface area contributed by atoms with E-state index in [1.807, 2.05) is 39.5 Å². The van der Waals surface area contributed by atoms with Crippen LogP contribution in [0.15, 0.2) is 28.7 Å². The summed E-state index contributed by atoms with van der Waals surface area (Å²) in [6, 6.07) is 7.16. The summed E-state index contributed by atoms with van der Waals surface area (Å²) in [5, 5.41) is 3.43. The van der Waals surface area contributed by atoms with Crippen molar-refractivity contribution in [2.75, 3.05) is 7.11 Å². The molecule has 1 amide bonds. The maximum atomic E-state index is 12.0. The third kappa shape index (κ3) is 6.50. The van der Waals surface area contributed by atoms with Crippen molar-refractivity contribution in [2.45, 2.75) is 69.6 Å². The molecule has 1 saturated carbocycles. The van der Waals surface area contributed by atoms with Crippen molar-refractivity contribution < 1.29 is 23.5 Å². The Hall–Kier alpha value is -2.48. The molecule has 1 N–H and O–H groups in total. The van der Waals surface area contributed by atoms with Crippen molar-refractivity contribution in [3.8, 4) is 11.5 Å². The summed E-state index contributed by atoms with van der Waals surface area (Å²) in [4.78, 5) is 28.2. The van der Waals surface area contributed by atoms with E-state index in [-0.39, 0.29) is 18.1 Å². The number of benzene rings is 1. The van der Waals surface area contributed by atoms with Gasteiger partial charge in [0.1, 0.15) is 11.4 Å². The van der Waals surface area contributed by atoms with Gasteiger partial charge >= 0.3 is 12.1 Å². The van der Waals surface area contributed by atoms with Gasteiger partial charge < -0.3 is 19.2 Å². The number of rotatable bonds is 6. The van der Waals surface area contributed by atoms with Crippen molar-refractivity contribution >= 4 is 23.8 Å². The van der Waals surface area contributed by atoms with E-state index in [9.17, 15) is 9.59 Å². The first kappa shape index (κ1) is 23.2. The highest BCUT2D eigenvalue weighted by Crippen LogP contribution is 2.33. The Bertz CT molecular complexity index is 917. The predicted octanol–water partition coefficient (Wildman–Crippen LogP) is 5.12. The minimum atomic E-state index is -0.487. The SMILES string of the molecule is COC(=O)c1ccc(-c2nc(CS[C@@H]3CC[C@H](NC(=O)OC(C)(C)C)C3)c(C)o2)cc1. The number of aryl methyl sites for hydroxylation is 1. The molecule has 1 heterocycles. The second-order valence-electron chi connectivity index (χ2n) is 8.68. The maximum Gasteiger partial charge on any atom is 0.407 e. The fraction of sp³-hybridized carbons (Fsp3) is 0.522. The first-order valence-corrected chi connectivity index (χ1v) is 11.5. The Morgan fingerprint density at radius 2 is 1.94 bits per heavy atom. The molecule has 0 radical (unpaired) electrons. The van der Waals surface area contributed by atoms with E-state index in [0.717, 1.165) is 42.0 Å². The average Bonchev–Trinajstić information content (AvgIpc) is 3.30. The number of oxazole rings is 1. The Labute approximate surface area is 187 Å². The second-order valence-corrected chi connectivity index (χ2v) is 9.97. The number of aromatic nitrogens is 1. The Balaban J connectivity index is 1.52. The molecular formula is C23H30N2O5S. The second kappa shape index (κ2) is 9.77. The summed E-state index contributed by atoms with van der Waals surface area (Å²) in [6.07, 6.45) is 2.57. The molecule has 1 aliphatic rings. The van der Waals surface area contributed by atoms with E-state index < -0.39 is 5.60 Å². The molecule has 1 aliphatic carbocycles. The van der Waals surface area contributed by atoms with Crippen LogP contribution in [0.4, 0.5) is 4.79 Å². The molecule has 168 valence electrons. The standard InChI is InChI=1S/C23H30N2O5S/c1-14-19(25-20(29-14)15-6-8-16(9-7-15)21(26)28-5)13-31-18-11-10-17(12-18)24-22(27)30-23(2,3)4/h6-9,17-18H,10-13H2,1-5H3,(H,24,27)/t17-,18+/m0/s1. The first-order valence-electron chi connectivity index (χ1n) is 10.4. The van der Waals surface area contributed by atoms with Gasteiger partial charge in [0, 0.05) is 22.6 Å². The number of hydrogen-bond acceptors (Lipinski definition) is 7. The average molecular weight is 447 g/mol. The van der Waals surface area contributed by atoms with Gasteiger partial charge in [0.2, 0.25) is 5.89 Å². The summed E-state index contributed by atoms with van der Waals surface area (Å²) in [5.41, 5.74) is 1.73. The first-order chi connectivity index (χ1) is 14.6. The Kier molecular flexibility index (Phi) is 7.30. The van der Waals surface area contributed by atoms with Crippen LogP contribution in [0.1, 0.15) is 61.8 Å². The molecule has 3 rings (SSSR count). The van der Waals surface area contributed by atoms with E-state index in [1.165, 1.54) is 7.11 Å². The van der Waals surface area contributed by atoms with Crippen LogP contribution >= 0.6 is 11.8 Å². The van der Waals surface area contributed by atoms with Gasteiger partial charge in [0.15, 0.2) is 0 Å². The van der Waals surface area contributed by atoms with Gasteiger partial charge in [0.05, 0.1) is 18.4 Å². The van der Waals surface area contributed by atoms with Crippen molar-refractivity contribution in [3.05, 3.63) is 41.3 Å². The molecule has 2 atom stereocenters. The van der Waals surface area contributed by atoms with Crippen LogP contribution in [0.5, 0.6) is 0 Å². The van der Waals surface area contributed by atoms with Gasteiger partial charge in [-0.05, 0) is 71.2 Å². The van der Waals surface area contributed by atoms with Gasteiger partial charge in [-0.25, -0.2) is 14.6 Å². The van der Waals surface area contributed by atoms with Gasteiger partial charge in [0.25, 0.3) is 0 Å². The third-order valence-electron chi connectivity index (χ3n) is 5.01. The van der Waals surface area contributed by atoms with Gasteiger partial charge in [-0.3, -0.25) is 0 Å². The van der Waals surface area contributed by atoms with E-state index in [0.29, 0.717) is 16.7 Å². The predicted molar refractivity (Wildman–Crippen MR) is 120 cm³/mol. The van der Waals surface area contributed by atoms with E-state index >= 15 is 0 Å². The number of nitrogens with zero attached hydrogens (tertiary/aromatic N) is 1. The summed E-state index contributed by atoms with van der Waals surface area (Å²) >= 11 is 1.84. The monoisotopic (exact) mass is 446 g/mol. The lowest BCUT2D eigenvalue weighted by atomic mass is 10.1. The van der Waals surface area contributed by atoms with Gasteiger partial charge in [-0.2, -0.15) is 11.8 Å². The minimum absolute atomic E-state index is 0.148. The highest BCUT2D eigenvalue weighted by molar-refractivity contribution is 7.99. The van der Waals surface area contributed by atoms with Crippen LogP contribution in [-0.2, 0) is 15.2 Å². The molecular weight excluding hydrogens is 416 g/mol. The van der Waals surface area contributed by atoms with Gasteiger partial charge in [-0.1, -0.05) is 0 Å². The largest absolute Gasteiger partial charge is 0.465 e. The molecule has 0 saturated heterocycles. The van der Waals surface area contributed by atoms with Crippen LogP contribution in [0.2, 0.25) is 0 Å². The Morgan fingerprint density at radius 3 is 2.58 bits per heavy atom. The van der Waals surface area contributed by atoms with Crippen molar-refractivity contribution in [2.24, 2.45) is 0 Å². The molecule has 1 fully saturated rings. The summed E-state index contributed by atoms with van der Waals surface area (Å²) in [6.45, 7) is 7.50. The van der Waals surface area contributed by atoms with E-state index in [2.05, 4.69) is 10.3 Å². The highest BCUT2D eigenvalue weighted by atomic mass is 32.2. The third-order valence-corrected chi connectivity index (χ3v) is 6.35. The number of hydrogen-bond donors (Lipinski definition) is 1. The number of thioether (sulfide) groups is 1. The van der Waals surface area contributed by atoms with E-state index in [4.69, 9.17) is 13.9 Å². The zero-order valence-corrected chi connectivity index (χ0v) is 19.5. The fourth-order valence-electron chi connectivity index (χ4n) is 3.45. The molecule has 0 aliphatic heterocycles. The molecule has 1 aromatic heterocycles. The number of esters is 1. The lowest BCUT2D eigenvalue weighted by Crippen LogP contribution is -2.38. The summed E-state index contributed by atoms with van der Waals surface area (Å²) in [7, 11) is 1.36. The molecule has 0 spiro atoms. The molecule has 0 bridgehead atoms. The highest BCUT2D eigenvalue weighted by Gasteiger charge is 2.28. The molecule has 8 heteroatoms.